The molecule has 0 aliphatic heterocycles. The van der Waals surface area contributed by atoms with Crippen molar-refractivity contribution < 1.29 is 4.79 Å². The molecule has 1 atom stereocenters. The number of hydrogen-bond acceptors (Lipinski definition) is 2. The van der Waals surface area contributed by atoms with Crippen molar-refractivity contribution in [2.24, 2.45) is 5.73 Å². The van der Waals surface area contributed by atoms with Crippen molar-refractivity contribution in [3.63, 3.8) is 0 Å². The molecule has 0 aliphatic carbocycles. The minimum atomic E-state index is -0.437. The SMILES string of the molecule is CCC(N)C(=O)Nc1ccc(Br)cc1C. The Balaban J connectivity index is 2.77. The van der Waals surface area contributed by atoms with Crippen LogP contribution in [0.2, 0.25) is 0 Å². The third-order valence-electron chi connectivity index (χ3n) is 2.22. The van der Waals surface area contributed by atoms with Crippen LogP contribution in [0, 0.1) is 6.92 Å². The van der Waals surface area contributed by atoms with Gasteiger partial charge in [-0.2, -0.15) is 0 Å². The third-order valence-corrected chi connectivity index (χ3v) is 2.72. The van der Waals surface area contributed by atoms with E-state index in [4.69, 9.17) is 5.73 Å². The number of anilines is 1. The molecule has 0 heterocycles. The van der Waals surface area contributed by atoms with Crippen molar-refractivity contribution in [1.82, 2.24) is 0 Å². The molecule has 0 saturated heterocycles. The van der Waals surface area contributed by atoms with Crippen LogP contribution in [-0.2, 0) is 4.79 Å². The molecule has 0 radical (unpaired) electrons. The van der Waals surface area contributed by atoms with Crippen molar-refractivity contribution in [3.8, 4) is 0 Å². The highest BCUT2D eigenvalue weighted by molar-refractivity contribution is 9.10. The van der Waals surface area contributed by atoms with E-state index < -0.39 is 6.04 Å². The highest BCUT2D eigenvalue weighted by Gasteiger charge is 2.11. The summed E-state index contributed by atoms with van der Waals surface area (Å²) in [6.07, 6.45) is 0.640. The molecular formula is C11H15BrN2O. The van der Waals surface area contributed by atoms with Crippen LogP contribution >= 0.6 is 15.9 Å². The van der Waals surface area contributed by atoms with Gasteiger partial charge in [-0.05, 0) is 37.1 Å². The Morgan fingerprint density at radius 2 is 2.27 bits per heavy atom. The largest absolute Gasteiger partial charge is 0.324 e. The van der Waals surface area contributed by atoms with Crippen LogP contribution in [0.5, 0.6) is 0 Å². The summed E-state index contributed by atoms with van der Waals surface area (Å²) in [6, 6.07) is 5.26. The van der Waals surface area contributed by atoms with E-state index in [1.54, 1.807) is 0 Å². The predicted octanol–water partition coefficient (Wildman–Crippen LogP) is 2.43. The van der Waals surface area contributed by atoms with Gasteiger partial charge in [0.1, 0.15) is 0 Å². The first-order chi connectivity index (χ1) is 7.04. The van der Waals surface area contributed by atoms with E-state index in [2.05, 4.69) is 21.2 Å². The van der Waals surface area contributed by atoms with Gasteiger partial charge in [0.25, 0.3) is 0 Å². The minimum Gasteiger partial charge on any atom is -0.324 e. The predicted molar refractivity (Wildman–Crippen MR) is 65.8 cm³/mol. The number of carbonyl (C=O) groups is 1. The van der Waals surface area contributed by atoms with Crippen LogP contribution in [0.25, 0.3) is 0 Å². The Hall–Kier alpha value is -0.870. The van der Waals surface area contributed by atoms with E-state index in [0.29, 0.717) is 6.42 Å². The molecule has 3 N–H and O–H groups in total. The molecule has 15 heavy (non-hydrogen) atoms. The summed E-state index contributed by atoms with van der Waals surface area (Å²) >= 11 is 3.37. The molecule has 1 aromatic carbocycles. The summed E-state index contributed by atoms with van der Waals surface area (Å²) in [7, 11) is 0. The van der Waals surface area contributed by atoms with Gasteiger partial charge in [-0.25, -0.2) is 0 Å². The van der Waals surface area contributed by atoms with Crippen LogP contribution < -0.4 is 11.1 Å². The first-order valence-corrected chi connectivity index (χ1v) is 5.66. The lowest BCUT2D eigenvalue weighted by atomic mass is 10.2. The van der Waals surface area contributed by atoms with Gasteiger partial charge < -0.3 is 11.1 Å². The van der Waals surface area contributed by atoms with Crippen molar-refractivity contribution in [3.05, 3.63) is 28.2 Å². The number of nitrogens with one attached hydrogen (secondary N) is 1. The summed E-state index contributed by atoms with van der Waals surface area (Å²) in [4.78, 5) is 11.5. The Kier molecular flexibility index (Phi) is 4.29. The Labute approximate surface area is 98.2 Å². The number of nitrogens with two attached hydrogens (primary N) is 1. The zero-order valence-corrected chi connectivity index (χ0v) is 10.5. The van der Waals surface area contributed by atoms with Gasteiger partial charge in [0.15, 0.2) is 0 Å². The summed E-state index contributed by atoms with van der Waals surface area (Å²) in [6.45, 7) is 3.83. The highest BCUT2D eigenvalue weighted by atomic mass is 79.9. The van der Waals surface area contributed by atoms with E-state index in [1.165, 1.54) is 0 Å². The van der Waals surface area contributed by atoms with Crippen molar-refractivity contribution in [2.45, 2.75) is 26.3 Å². The second kappa shape index (κ2) is 5.28. The zero-order valence-electron chi connectivity index (χ0n) is 8.88. The first kappa shape index (κ1) is 12.2. The molecule has 0 aliphatic rings. The Morgan fingerprint density at radius 1 is 1.60 bits per heavy atom. The molecule has 0 saturated carbocycles. The van der Waals surface area contributed by atoms with E-state index in [1.807, 2.05) is 32.0 Å². The first-order valence-electron chi connectivity index (χ1n) is 4.87. The van der Waals surface area contributed by atoms with Gasteiger partial charge in [-0.3, -0.25) is 4.79 Å². The molecule has 3 nitrogen and oxygen atoms in total. The third kappa shape index (κ3) is 3.32. The number of halogens is 1. The molecule has 1 unspecified atom stereocenters. The number of aryl methyl sites for hydroxylation is 1. The summed E-state index contributed by atoms with van der Waals surface area (Å²) in [5.74, 6) is -0.136. The summed E-state index contributed by atoms with van der Waals surface area (Å²) in [5.41, 5.74) is 7.45. The van der Waals surface area contributed by atoms with Crippen molar-refractivity contribution in [1.29, 1.82) is 0 Å². The van der Waals surface area contributed by atoms with E-state index >= 15 is 0 Å². The molecular weight excluding hydrogens is 256 g/mol. The summed E-state index contributed by atoms with van der Waals surface area (Å²) in [5, 5.41) is 2.80. The average Bonchev–Trinajstić information content (AvgIpc) is 2.20. The molecule has 1 amide bonds. The standard InChI is InChI=1S/C11H15BrN2O/c1-3-9(13)11(15)14-10-5-4-8(12)6-7(10)2/h4-6,9H,3,13H2,1-2H3,(H,14,15). The molecule has 0 bridgehead atoms. The van der Waals surface area contributed by atoms with E-state index in [9.17, 15) is 4.79 Å². The fourth-order valence-corrected chi connectivity index (χ4v) is 1.65. The summed E-state index contributed by atoms with van der Waals surface area (Å²) < 4.78 is 0.998. The average molecular weight is 271 g/mol. The number of rotatable bonds is 3. The van der Waals surface area contributed by atoms with Crippen LogP contribution in [0.4, 0.5) is 5.69 Å². The van der Waals surface area contributed by atoms with E-state index in [0.717, 1.165) is 15.7 Å². The fraction of sp³-hybridized carbons (Fsp3) is 0.364. The molecule has 0 aromatic heterocycles. The second-order valence-electron chi connectivity index (χ2n) is 3.46. The molecule has 1 aromatic rings. The van der Waals surface area contributed by atoms with E-state index in [-0.39, 0.29) is 5.91 Å². The van der Waals surface area contributed by atoms with Gasteiger partial charge in [-0.15, -0.1) is 0 Å². The van der Waals surface area contributed by atoms with Gasteiger partial charge >= 0.3 is 0 Å². The Bertz CT molecular complexity index is 366. The highest BCUT2D eigenvalue weighted by Crippen LogP contribution is 2.20. The second-order valence-corrected chi connectivity index (χ2v) is 4.38. The van der Waals surface area contributed by atoms with Gasteiger partial charge in [0.05, 0.1) is 6.04 Å². The monoisotopic (exact) mass is 270 g/mol. The molecule has 4 heteroatoms. The Morgan fingerprint density at radius 3 is 2.80 bits per heavy atom. The van der Waals surface area contributed by atoms with Crippen LogP contribution in [0.15, 0.2) is 22.7 Å². The lowest BCUT2D eigenvalue weighted by Gasteiger charge is -2.12. The van der Waals surface area contributed by atoms with Crippen LogP contribution in [0.3, 0.4) is 0 Å². The zero-order chi connectivity index (χ0) is 11.4. The maximum Gasteiger partial charge on any atom is 0.241 e. The fourth-order valence-electron chi connectivity index (χ4n) is 1.18. The maximum absolute atomic E-state index is 11.5. The van der Waals surface area contributed by atoms with Crippen LogP contribution in [-0.4, -0.2) is 11.9 Å². The number of amides is 1. The minimum absolute atomic E-state index is 0.136. The number of benzene rings is 1. The van der Waals surface area contributed by atoms with Gasteiger partial charge in [-0.1, -0.05) is 22.9 Å². The molecule has 0 spiro atoms. The van der Waals surface area contributed by atoms with Crippen LogP contribution in [0.1, 0.15) is 18.9 Å². The lowest BCUT2D eigenvalue weighted by molar-refractivity contribution is -0.117. The van der Waals surface area contributed by atoms with Gasteiger partial charge in [0, 0.05) is 10.2 Å². The number of hydrogen-bond donors (Lipinski definition) is 2. The molecule has 82 valence electrons. The quantitative estimate of drug-likeness (QED) is 0.887. The maximum atomic E-state index is 11.5. The lowest BCUT2D eigenvalue weighted by Crippen LogP contribution is -2.34. The number of carbonyl (C=O) groups excluding carboxylic acids is 1. The molecule has 1 rings (SSSR count). The van der Waals surface area contributed by atoms with Crippen molar-refractivity contribution in [2.75, 3.05) is 5.32 Å². The topological polar surface area (TPSA) is 55.1 Å². The van der Waals surface area contributed by atoms with Crippen molar-refractivity contribution >= 4 is 27.5 Å². The normalized spacial score (nSPS) is 12.3. The van der Waals surface area contributed by atoms with Gasteiger partial charge in [0.2, 0.25) is 5.91 Å². The molecule has 0 fully saturated rings. The smallest absolute Gasteiger partial charge is 0.241 e.